The molecule has 146 valence electrons. The predicted octanol–water partition coefficient (Wildman–Crippen LogP) is 1.24. The van der Waals surface area contributed by atoms with Crippen molar-refractivity contribution in [1.29, 1.82) is 0 Å². The van der Waals surface area contributed by atoms with Crippen LogP contribution in [0.4, 0.5) is 0 Å². The van der Waals surface area contributed by atoms with Crippen molar-refractivity contribution in [2.75, 3.05) is 12.4 Å². The lowest BCUT2D eigenvalue weighted by Gasteiger charge is -2.16. The summed E-state index contributed by atoms with van der Waals surface area (Å²) in [6.07, 6.45) is 2.95. The highest BCUT2D eigenvalue weighted by Gasteiger charge is 2.44. The third-order valence-electron chi connectivity index (χ3n) is 4.54. The Kier molecular flexibility index (Phi) is 5.69. The lowest BCUT2D eigenvalue weighted by molar-refractivity contribution is -0.0511. The molecule has 1 saturated heterocycles. The van der Waals surface area contributed by atoms with Crippen molar-refractivity contribution in [3.05, 3.63) is 54.6 Å². The summed E-state index contributed by atoms with van der Waals surface area (Å²) < 4.78 is 7.13. The van der Waals surface area contributed by atoms with E-state index in [2.05, 4.69) is 21.0 Å². The van der Waals surface area contributed by atoms with E-state index in [0.717, 1.165) is 5.56 Å². The van der Waals surface area contributed by atoms with Gasteiger partial charge in [0.25, 0.3) is 0 Å². The standard InChI is InChI=1S/C19H20N4O4S/c24-9-13-15(25)16(26)19(27-13)23-11-22-14-17(23)20-10-21-18(14)28-8-4-7-12-5-2-1-3-6-12/h1-7,10-11,13,15-16,19,24-26H,8-9H2. The molecule has 0 aliphatic carbocycles. The van der Waals surface area contributed by atoms with E-state index in [-0.39, 0.29) is 6.61 Å². The fourth-order valence-electron chi connectivity index (χ4n) is 3.11. The molecule has 8 nitrogen and oxygen atoms in total. The van der Waals surface area contributed by atoms with Gasteiger partial charge in [-0.2, -0.15) is 0 Å². The van der Waals surface area contributed by atoms with Crippen molar-refractivity contribution in [3.8, 4) is 0 Å². The first-order valence-electron chi connectivity index (χ1n) is 8.83. The molecule has 28 heavy (non-hydrogen) atoms. The van der Waals surface area contributed by atoms with E-state index < -0.39 is 24.5 Å². The van der Waals surface area contributed by atoms with Gasteiger partial charge in [0.05, 0.1) is 12.9 Å². The number of aliphatic hydroxyl groups is 3. The quantitative estimate of drug-likeness (QED) is 0.418. The number of thioether (sulfide) groups is 1. The molecule has 4 rings (SSSR count). The molecule has 0 radical (unpaired) electrons. The molecule has 1 fully saturated rings. The minimum Gasteiger partial charge on any atom is -0.394 e. The van der Waals surface area contributed by atoms with Gasteiger partial charge in [-0.05, 0) is 5.56 Å². The monoisotopic (exact) mass is 400 g/mol. The van der Waals surface area contributed by atoms with Crippen LogP contribution in [0.2, 0.25) is 0 Å². The second-order valence-electron chi connectivity index (χ2n) is 6.36. The second kappa shape index (κ2) is 8.38. The summed E-state index contributed by atoms with van der Waals surface area (Å²) in [4.78, 5) is 12.9. The number of hydrogen-bond donors (Lipinski definition) is 3. The van der Waals surface area contributed by atoms with Gasteiger partial charge in [0.1, 0.15) is 35.2 Å². The molecule has 0 saturated carbocycles. The van der Waals surface area contributed by atoms with Crippen molar-refractivity contribution >= 4 is 29.0 Å². The number of hydrogen-bond acceptors (Lipinski definition) is 8. The van der Waals surface area contributed by atoms with Crippen LogP contribution in [0.1, 0.15) is 11.8 Å². The second-order valence-corrected chi connectivity index (χ2v) is 7.36. The zero-order chi connectivity index (χ0) is 19.5. The Balaban J connectivity index is 1.52. The molecule has 0 bridgehead atoms. The van der Waals surface area contributed by atoms with Crippen LogP contribution >= 0.6 is 11.8 Å². The molecule has 4 unspecified atom stereocenters. The van der Waals surface area contributed by atoms with E-state index in [1.807, 2.05) is 36.4 Å². The third kappa shape index (κ3) is 3.67. The summed E-state index contributed by atoms with van der Waals surface area (Å²) in [6, 6.07) is 10.0. The van der Waals surface area contributed by atoms with Crippen LogP contribution in [0.15, 0.2) is 54.1 Å². The highest BCUT2D eigenvalue weighted by Crippen LogP contribution is 2.32. The Morgan fingerprint density at radius 3 is 2.68 bits per heavy atom. The molecule has 9 heteroatoms. The molecule has 1 aromatic carbocycles. The normalized spacial score (nSPS) is 25.1. The molecule has 0 amide bonds. The van der Waals surface area contributed by atoms with Gasteiger partial charge >= 0.3 is 0 Å². The first-order chi connectivity index (χ1) is 13.7. The van der Waals surface area contributed by atoms with Gasteiger partial charge in [-0.15, -0.1) is 0 Å². The van der Waals surface area contributed by atoms with Crippen LogP contribution in [0.5, 0.6) is 0 Å². The molecular weight excluding hydrogens is 380 g/mol. The number of nitrogens with zero attached hydrogens (tertiary/aromatic N) is 4. The molecule has 3 heterocycles. The molecule has 0 spiro atoms. The van der Waals surface area contributed by atoms with Gasteiger partial charge in [-0.25, -0.2) is 15.0 Å². The zero-order valence-electron chi connectivity index (χ0n) is 14.9. The van der Waals surface area contributed by atoms with Crippen molar-refractivity contribution in [2.45, 2.75) is 29.6 Å². The lowest BCUT2D eigenvalue weighted by atomic mass is 10.1. The average Bonchev–Trinajstić information content (AvgIpc) is 3.28. The number of aromatic nitrogens is 4. The maximum Gasteiger partial charge on any atom is 0.166 e. The van der Waals surface area contributed by atoms with Gasteiger partial charge < -0.3 is 20.1 Å². The Labute approximate surface area is 165 Å². The maximum absolute atomic E-state index is 10.2. The Morgan fingerprint density at radius 1 is 1.11 bits per heavy atom. The van der Waals surface area contributed by atoms with Crippen molar-refractivity contribution < 1.29 is 20.1 Å². The van der Waals surface area contributed by atoms with Gasteiger partial charge in [-0.3, -0.25) is 4.57 Å². The van der Waals surface area contributed by atoms with Crippen LogP contribution in [-0.2, 0) is 4.74 Å². The predicted molar refractivity (Wildman–Crippen MR) is 105 cm³/mol. The highest BCUT2D eigenvalue weighted by atomic mass is 32.2. The van der Waals surface area contributed by atoms with E-state index >= 15 is 0 Å². The third-order valence-corrected chi connectivity index (χ3v) is 5.47. The number of benzene rings is 1. The van der Waals surface area contributed by atoms with E-state index in [9.17, 15) is 15.3 Å². The number of rotatable bonds is 6. The van der Waals surface area contributed by atoms with Crippen molar-refractivity contribution in [2.24, 2.45) is 0 Å². The fourth-order valence-corrected chi connectivity index (χ4v) is 3.86. The Hall–Kier alpha value is -2.30. The number of imidazole rings is 1. The molecule has 1 aliphatic rings. The maximum atomic E-state index is 10.2. The van der Waals surface area contributed by atoms with Crippen LogP contribution < -0.4 is 0 Å². The topological polar surface area (TPSA) is 114 Å². The van der Waals surface area contributed by atoms with Gasteiger partial charge in [0, 0.05) is 5.75 Å². The smallest absolute Gasteiger partial charge is 0.166 e. The summed E-state index contributed by atoms with van der Waals surface area (Å²) in [5, 5.41) is 30.2. The molecule has 3 aromatic rings. The van der Waals surface area contributed by atoms with E-state index in [1.165, 1.54) is 24.4 Å². The number of aliphatic hydroxyl groups excluding tert-OH is 3. The zero-order valence-corrected chi connectivity index (χ0v) is 15.7. The van der Waals surface area contributed by atoms with E-state index in [0.29, 0.717) is 21.9 Å². The van der Waals surface area contributed by atoms with Gasteiger partial charge in [0.15, 0.2) is 11.9 Å². The van der Waals surface area contributed by atoms with E-state index in [1.54, 1.807) is 4.57 Å². The SMILES string of the molecule is OCC1OC(n2cnc3c(SCC=Cc4ccccc4)ncnc32)C(O)C1O. The largest absolute Gasteiger partial charge is 0.394 e. The first kappa shape index (κ1) is 19.0. The van der Waals surface area contributed by atoms with Crippen molar-refractivity contribution in [3.63, 3.8) is 0 Å². The van der Waals surface area contributed by atoms with Gasteiger partial charge in [-0.1, -0.05) is 54.2 Å². The van der Waals surface area contributed by atoms with Crippen molar-refractivity contribution in [1.82, 2.24) is 19.5 Å². The molecular formula is C19H20N4O4S. The molecule has 4 atom stereocenters. The minimum absolute atomic E-state index is 0.384. The number of ether oxygens (including phenoxy) is 1. The van der Waals surface area contributed by atoms with Crippen LogP contribution in [0, 0.1) is 0 Å². The highest BCUT2D eigenvalue weighted by molar-refractivity contribution is 7.99. The summed E-state index contributed by atoms with van der Waals surface area (Å²) in [5.74, 6) is 0.710. The van der Waals surface area contributed by atoms with Crippen LogP contribution in [-0.4, -0.2) is 65.5 Å². The first-order valence-corrected chi connectivity index (χ1v) is 9.82. The molecule has 1 aliphatic heterocycles. The molecule has 3 N–H and O–H groups in total. The number of fused-ring (bicyclic) bond motifs is 1. The van der Waals surface area contributed by atoms with Crippen LogP contribution in [0.25, 0.3) is 17.2 Å². The summed E-state index contributed by atoms with van der Waals surface area (Å²) >= 11 is 1.52. The summed E-state index contributed by atoms with van der Waals surface area (Å²) in [5.41, 5.74) is 2.22. The Bertz CT molecular complexity index is 965. The summed E-state index contributed by atoms with van der Waals surface area (Å²) in [6.45, 7) is -0.384. The average molecular weight is 400 g/mol. The van der Waals surface area contributed by atoms with Crippen LogP contribution in [0.3, 0.4) is 0 Å². The summed E-state index contributed by atoms with van der Waals surface area (Å²) in [7, 11) is 0. The van der Waals surface area contributed by atoms with Gasteiger partial charge in [0.2, 0.25) is 0 Å². The Morgan fingerprint density at radius 2 is 1.93 bits per heavy atom. The lowest BCUT2D eigenvalue weighted by Crippen LogP contribution is -2.33. The molecule has 2 aromatic heterocycles. The minimum atomic E-state index is -1.19. The fraction of sp³-hybridized carbons (Fsp3) is 0.316. The van der Waals surface area contributed by atoms with E-state index in [4.69, 9.17) is 4.74 Å².